The van der Waals surface area contributed by atoms with Crippen LogP contribution < -0.4 is 21.7 Å². The fraction of sp³-hybridized carbons (Fsp3) is 0.800. The van der Waals surface area contributed by atoms with Crippen molar-refractivity contribution in [1.82, 2.24) is 20.9 Å². The zero-order valence-corrected chi connectivity index (χ0v) is 21.8. The summed E-state index contributed by atoms with van der Waals surface area (Å²) in [6, 6.07) is -6.03. The number of alkyl halides is 5. The lowest BCUT2D eigenvalue weighted by Gasteiger charge is -2.54. The fourth-order valence-electron chi connectivity index (χ4n) is 6.38. The van der Waals surface area contributed by atoms with E-state index in [-0.39, 0.29) is 37.5 Å². The zero-order valence-electron chi connectivity index (χ0n) is 21.8. The Kier molecular flexibility index (Phi) is 8.60. The van der Waals surface area contributed by atoms with E-state index in [0.29, 0.717) is 32.2 Å². The number of primary amides is 1. The Labute approximate surface area is 227 Å². The molecular formula is C25H34F5N5O5. The molecule has 224 valence electrons. The van der Waals surface area contributed by atoms with E-state index in [1.165, 1.54) is 0 Å². The van der Waals surface area contributed by atoms with Crippen LogP contribution in [-0.4, -0.2) is 77.2 Å². The van der Waals surface area contributed by atoms with Gasteiger partial charge in [0.1, 0.15) is 18.1 Å². The van der Waals surface area contributed by atoms with Gasteiger partial charge in [-0.15, -0.1) is 0 Å². The van der Waals surface area contributed by atoms with E-state index in [1.54, 1.807) is 5.32 Å². The Morgan fingerprint density at radius 1 is 1.00 bits per heavy atom. The van der Waals surface area contributed by atoms with Gasteiger partial charge in [-0.25, -0.2) is 8.78 Å². The first-order chi connectivity index (χ1) is 18.7. The number of amides is 5. The number of nitrogens with zero attached hydrogens (tertiary/aromatic N) is 1. The van der Waals surface area contributed by atoms with E-state index in [9.17, 15) is 37.1 Å². The molecule has 10 nitrogen and oxygen atoms in total. The number of nitrogens with two attached hydrogens (primary N) is 1. The van der Waals surface area contributed by atoms with Crippen LogP contribution in [0.3, 0.4) is 0 Å². The minimum absolute atomic E-state index is 0.0979. The molecule has 0 unspecified atom stereocenters. The molecule has 2 bridgehead atoms. The normalized spacial score (nSPS) is 29.5. The number of fused-ring (bicyclic) bond motifs is 3. The summed E-state index contributed by atoms with van der Waals surface area (Å²) in [6.07, 6.45) is -3.27. The summed E-state index contributed by atoms with van der Waals surface area (Å²) in [5.74, 6) is -11.6. The van der Waals surface area contributed by atoms with Crippen LogP contribution in [0.4, 0.5) is 22.0 Å². The number of carbonyl (C=O) groups excluding carboxylic acids is 5. The molecule has 0 aromatic rings. The van der Waals surface area contributed by atoms with Crippen molar-refractivity contribution in [3.8, 4) is 0 Å². The van der Waals surface area contributed by atoms with Crippen LogP contribution in [0.1, 0.15) is 64.2 Å². The topological polar surface area (TPSA) is 151 Å². The molecule has 3 heterocycles. The summed E-state index contributed by atoms with van der Waals surface area (Å²) in [6.45, 7) is 0.452. The summed E-state index contributed by atoms with van der Waals surface area (Å²) in [5.41, 5.74) is 5.45. The first-order valence-corrected chi connectivity index (χ1v) is 13.6. The maximum atomic E-state index is 15.0. The third-order valence-corrected chi connectivity index (χ3v) is 8.69. The molecule has 3 aliphatic heterocycles. The highest BCUT2D eigenvalue weighted by atomic mass is 19.4. The van der Waals surface area contributed by atoms with Crippen LogP contribution in [0.2, 0.25) is 0 Å². The number of piperidine rings is 3. The first-order valence-electron chi connectivity index (χ1n) is 13.6. The highest BCUT2D eigenvalue weighted by Crippen LogP contribution is 2.49. The van der Waals surface area contributed by atoms with Crippen molar-refractivity contribution >= 4 is 29.5 Å². The van der Waals surface area contributed by atoms with Crippen LogP contribution >= 0.6 is 0 Å². The molecule has 5 fully saturated rings. The zero-order chi connectivity index (χ0) is 29.4. The Bertz CT molecular complexity index is 1040. The predicted molar refractivity (Wildman–Crippen MR) is 128 cm³/mol. The number of rotatable bonds is 9. The van der Waals surface area contributed by atoms with E-state index in [1.807, 2.05) is 0 Å². The standard InChI is InChI=1S/C25H34F5N5O5/c26-24(27)11-14-6-7-15(24)18(21(38)33-16(19(31)36)10-13-5-2-8-32-20(13)37)35(14)22(39)17(9-12-3-1-4-12)34-23(40)25(28,29)30/h12-18H,1-11H2,(H2,31,36)(H,32,37)(H,33,38)(H,34,40)/t13-,14-,15-,16-,17-,18+/m0/s1. The third kappa shape index (κ3) is 6.32. The van der Waals surface area contributed by atoms with E-state index < -0.39 is 78.2 Å². The Morgan fingerprint density at radius 2 is 1.70 bits per heavy atom. The molecule has 5 aliphatic rings. The van der Waals surface area contributed by atoms with Gasteiger partial charge in [0, 0.05) is 24.9 Å². The minimum Gasteiger partial charge on any atom is -0.368 e. The summed E-state index contributed by atoms with van der Waals surface area (Å²) < 4.78 is 69.3. The molecule has 5 N–H and O–H groups in total. The van der Waals surface area contributed by atoms with E-state index in [0.717, 1.165) is 11.3 Å². The summed E-state index contributed by atoms with van der Waals surface area (Å²) >= 11 is 0. The van der Waals surface area contributed by atoms with Gasteiger partial charge in [0.25, 0.3) is 5.92 Å². The summed E-state index contributed by atoms with van der Waals surface area (Å²) in [7, 11) is 0. The Hall–Kier alpha value is -3.00. The van der Waals surface area contributed by atoms with Crippen molar-refractivity contribution in [2.45, 2.75) is 100 Å². The number of hydrogen-bond acceptors (Lipinski definition) is 5. The minimum atomic E-state index is -5.27. The van der Waals surface area contributed by atoms with Crippen molar-refractivity contribution in [1.29, 1.82) is 0 Å². The molecule has 0 aromatic heterocycles. The quantitative estimate of drug-likeness (QED) is 0.302. The molecule has 15 heteroatoms. The van der Waals surface area contributed by atoms with Gasteiger partial charge < -0.3 is 26.6 Å². The second-order valence-electron chi connectivity index (χ2n) is 11.4. The molecule has 2 saturated carbocycles. The molecular weight excluding hydrogens is 545 g/mol. The van der Waals surface area contributed by atoms with Crippen LogP contribution in [0, 0.1) is 17.8 Å². The van der Waals surface area contributed by atoms with Gasteiger partial charge in [-0.2, -0.15) is 13.2 Å². The third-order valence-electron chi connectivity index (χ3n) is 8.69. The van der Waals surface area contributed by atoms with Gasteiger partial charge in [0.05, 0.1) is 5.92 Å². The molecule has 2 aliphatic carbocycles. The smallest absolute Gasteiger partial charge is 0.368 e. The maximum Gasteiger partial charge on any atom is 0.471 e. The molecule has 0 radical (unpaired) electrons. The van der Waals surface area contributed by atoms with Crippen LogP contribution in [0.15, 0.2) is 0 Å². The van der Waals surface area contributed by atoms with Crippen molar-refractivity contribution < 1.29 is 45.9 Å². The fourth-order valence-corrected chi connectivity index (χ4v) is 6.38. The molecule has 5 amide bonds. The molecule has 6 atom stereocenters. The van der Waals surface area contributed by atoms with Gasteiger partial charge in [0.2, 0.25) is 23.6 Å². The number of carbonyl (C=O) groups is 5. The lowest BCUT2D eigenvalue weighted by molar-refractivity contribution is -0.196. The largest absolute Gasteiger partial charge is 0.471 e. The number of hydrogen-bond donors (Lipinski definition) is 4. The van der Waals surface area contributed by atoms with Gasteiger partial charge in [-0.05, 0) is 44.4 Å². The van der Waals surface area contributed by atoms with Crippen molar-refractivity contribution in [3.63, 3.8) is 0 Å². The second kappa shape index (κ2) is 11.5. The molecule has 0 aromatic carbocycles. The van der Waals surface area contributed by atoms with Crippen molar-refractivity contribution in [3.05, 3.63) is 0 Å². The average Bonchev–Trinajstić information content (AvgIpc) is 2.84. The summed E-state index contributed by atoms with van der Waals surface area (Å²) in [5, 5.41) is 6.70. The molecule has 5 rings (SSSR count). The van der Waals surface area contributed by atoms with Crippen LogP contribution in [-0.2, 0) is 24.0 Å². The summed E-state index contributed by atoms with van der Waals surface area (Å²) in [4.78, 5) is 64.2. The van der Waals surface area contributed by atoms with E-state index >= 15 is 8.78 Å². The Balaban J connectivity index is 1.59. The van der Waals surface area contributed by atoms with E-state index in [2.05, 4.69) is 10.6 Å². The maximum absolute atomic E-state index is 15.0. The van der Waals surface area contributed by atoms with Gasteiger partial charge in [-0.3, -0.25) is 24.0 Å². The van der Waals surface area contributed by atoms with Crippen LogP contribution in [0.25, 0.3) is 0 Å². The van der Waals surface area contributed by atoms with Gasteiger partial charge in [0.15, 0.2) is 0 Å². The second-order valence-corrected chi connectivity index (χ2v) is 11.4. The van der Waals surface area contributed by atoms with Crippen molar-refractivity contribution in [2.24, 2.45) is 23.5 Å². The first kappa shape index (κ1) is 30.0. The monoisotopic (exact) mass is 579 g/mol. The van der Waals surface area contributed by atoms with Gasteiger partial charge in [-0.1, -0.05) is 19.3 Å². The molecule has 0 spiro atoms. The number of halogens is 5. The SMILES string of the molecule is NC(=O)[C@H](C[C@@H]1CCCNC1=O)NC(=O)[C@H]1[C@@H]2CC[C@@H](CC2(F)F)N1C(=O)[C@H](CC1CCC1)NC(=O)C(F)(F)F. The highest BCUT2D eigenvalue weighted by Gasteiger charge is 2.61. The predicted octanol–water partition coefficient (Wildman–Crippen LogP) is 1.12. The van der Waals surface area contributed by atoms with E-state index in [4.69, 9.17) is 5.73 Å². The average molecular weight is 580 g/mol. The highest BCUT2D eigenvalue weighted by molar-refractivity contribution is 5.95. The number of nitrogens with one attached hydrogen (secondary N) is 3. The Morgan fingerprint density at radius 3 is 2.25 bits per heavy atom. The molecule has 3 saturated heterocycles. The van der Waals surface area contributed by atoms with Crippen LogP contribution in [0.5, 0.6) is 0 Å². The van der Waals surface area contributed by atoms with Crippen molar-refractivity contribution in [2.75, 3.05) is 6.54 Å². The lowest BCUT2D eigenvalue weighted by Crippen LogP contribution is -2.71. The molecule has 40 heavy (non-hydrogen) atoms. The lowest BCUT2D eigenvalue weighted by atomic mass is 9.70. The van der Waals surface area contributed by atoms with Gasteiger partial charge >= 0.3 is 12.1 Å².